The number of nitro groups is 1. The van der Waals surface area contributed by atoms with Crippen molar-refractivity contribution in [2.24, 2.45) is 5.73 Å². The van der Waals surface area contributed by atoms with Crippen molar-refractivity contribution in [2.75, 3.05) is 7.11 Å². The summed E-state index contributed by atoms with van der Waals surface area (Å²) in [7, 11) is 1.32. The Kier molecular flexibility index (Phi) is 3.45. The number of methoxy groups -OCH3 is 1. The van der Waals surface area contributed by atoms with Gasteiger partial charge in [0.05, 0.1) is 17.6 Å². The third-order valence-corrected chi connectivity index (χ3v) is 2.62. The van der Waals surface area contributed by atoms with Crippen LogP contribution in [-0.2, 0) is 0 Å². The van der Waals surface area contributed by atoms with Crippen molar-refractivity contribution in [3.63, 3.8) is 0 Å². The van der Waals surface area contributed by atoms with Crippen LogP contribution in [0.1, 0.15) is 10.4 Å². The summed E-state index contributed by atoms with van der Waals surface area (Å²) in [6, 6.07) is 2.52. The fourth-order valence-corrected chi connectivity index (χ4v) is 1.74. The van der Waals surface area contributed by atoms with Gasteiger partial charge >= 0.3 is 5.69 Å². The largest absolute Gasteiger partial charge is 0.490 e. The van der Waals surface area contributed by atoms with Gasteiger partial charge in [0.25, 0.3) is 0 Å². The fraction of sp³-hybridized carbons (Fsp3) is 0.125. The summed E-state index contributed by atoms with van der Waals surface area (Å²) in [4.78, 5) is 21.0. The van der Waals surface area contributed by atoms with Crippen molar-refractivity contribution >= 4 is 34.2 Å². The van der Waals surface area contributed by atoms with Gasteiger partial charge in [0.1, 0.15) is 0 Å². The Labute approximate surface area is 98.7 Å². The zero-order chi connectivity index (χ0) is 11.6. The lowest BCUT2D eigenvalue weighted by Crippen LogP contribution is -2.13. The van der Waals surface area contributed by atoms with Crippen molar-refractivity contribution in [1.82, 2.24) is 0 Å². The molecule has 0 saturated carbocycles. The number of ether oxygens (including phenoxy) is 1. The highest BCUT2D eigenvalue weighted by Gasteiger charge is 2.20. The summed E-state index contributed by atoms with van der Waals surface area (Å²) >= 11 is 1.86. The number of hydrogen-bond acceptors (Lipinski definition) is 4. The maximum Gasteiger partial charge on any atom is 0.311 e. The fourth-order valence-electron chi connectivity index (χ4n) is 1.04. The number of primary amides is 1. The van der Waals surface area contributed by atoms with Crippen molar-refractivity contribution in [3.05, 3.63) is 31.4 Å². The standard InChI is InChI=1S/C8H7IN2O4/c1-15-7-3-5(9)4(8(10)12)2-6(7)11(13)14/h2-3H,1H3,(H2,10,12). The molecule has 15 heavy (non-hydrogen) atoms. The van der Waals surface area contributed by atoms with Gasteiger partial charge < -0.3 is 10.5 Å². The van der Waals surface area contributed by atoms with Crippen molar-refractivity contribution in [2.45, 2.75) is 0 Å². The van der Waals surface area contributed by atoms with E-state index in [1.807, 2.05) is 22.6 Å². The number of halogens is 1. The first kappa shape index (κ1) is 11.7. The topological polar surface area (TPSA) is 95.5 Å². The van der Waals surface area contributed by atoms with E-state index in [-0.39, 0.29) is 17.0 Å². The monoisotopic (exact) mass is 322 g/mol. The Morgan fingerprint density at radius 3 is 2.60 bits per heavy atom. The number of nitrogens with zero attached hydrogens (tertiary/aromatic N) is 1. The molecule has 0 bridgehead atoms. The molecule has 0 heterocycles. The van der Waals surface area contributed by atoms with Crippen LogP contribution in [0.15, 0.2) is 12.1 Å². The highest BCUT2D eigenvalue weighted by atomic mass is 127. The van der Waals surface area contributed by atoms with E-state index in [1.165, 1.54) is 13.2 Å². The van der Waals surface area contributed by atoms with Crippen molar-refractivity contribution in [3.8, 4) is 5.75 Å². The minimum atomic E-state index is -0.704. The van der Waals surface area contributed by atoms with Crippen LogP contribution in [0.3, 0.4) is 0 Å². The molecule has 1 aromatic carbocycles. The van der Waals surface area contributed by atoms with Crippen molar-refractivity contribution < 1.29 is 14.5 Å². The van der Waals surface area contributed by atoms with Crippen LogP contribution in [-0.4, -0.2) is 17.9 Å². The van der Waals surface area contributed by atoms with Crippen LogP contribution >= 0.6 is 22.6 Å². The van der Waals surface area contributed by atoms with Gasteiger partial charge in [-0.15, -0.1) is 0 Å². The average molecular weight is 322 g/mol. The first-order valence-electron chi connectivity index (χ1n) is 3.79. The summed E-state index contributed by atoms with van der Waals surface area (Å²) in [6.45, 7) is 0. The zero-order valence-electron chi connectivity index (χ0n) is 7.69. The quantitative estimate of drug-likeness (QED) is 0.515. The molecule has 0 unspecified atom stereocenters. The van der Waals surface area contributed by atoms with E-state index in [9.17, 15) is 14.9 Å². The number of hydrogen-bond donors (Lipinski definition) is 1. The van der Waals surface area contributed by atoms with Gasteiger partial charge in [-0.25, -0.2) is 0 Å². The Bertz CT molecular complexity index is 433. The van der Waals surface area contributed by atoms with Gasteiger partial charge in [-0.1, -0.05) is 0 Å². The predicted molar refractivity (Wildman–Crippen MR) is 60.9 cm³/mol. The number of carbonyl (C=O) groups is 1. The maximum absolute atomic E-state index is 11.0. The molecule has 0 radical (unpaired) electrons. The molecule has 0 aromatic heterocycles. The molecule has 0 saturated heterocycles. The van der Waals surface area contributed by atoms with Crippen LogP contribution < -0.4 is 10.5 Å². The van der Waals surface area contributed by atoms with E-state index in [0.717, 1.165) is 6.07 Å². The maximum atomic E-state index is 11.0. The number of amides is 1. The van der Waals surface area contributed by atoms with Crippen LogP contribution in [0.25, 0.3) is 0 Å². The smallest absolute Gasteiger partial charge is 0.311 e. The molecule has 0 aliphatic rings. The molecule has 0 aliphatic heterocycles. The molecule has 7 heteroatoms. The second kappa shape index (κ2) is 4.43. The van der Waals surface area contributed by atoms with E-state index in [4.69, 9.17) is 10.5 Å². The van der Waals surface area contributed by atoms with Gasteiger partial charge in [0.15, 0.2) is 5.75 Å². The summed E-state index contributed by atoms with van der Waals surface area (Å²) in [5.74, 6) is -0.598. The van der Waals surface area contributed by atoms with Gasteiger partial charge in [-0.2, -0.15) is 0 Å². The molecule has 2 N–H and O–H groups in total. The van der Waals surface area contributed by atoms with E-state index in [1.54, 1.807) is 0 Å². The third kappa shape index (κ3) is 2.35. The molecule has 6 nitrogen and oxygen atoms in total. The summed E-state index contributed by atoms with van der Waals surface area (Å²) in [6.07, 6.45) is 0. The molecular formula is C8H7IN2O4. The molecule has 80 valence electrons. The van der Waals surface area contributed by atoms with E-state index >= 15 is 0 Å². The molecule has 0 aliphatic carbocycles. The van der Waals surface area contributed by atoms with Crippen LogP contribution in [0.5, 0.6) is 5.75 Å². The zero-order valence-corrected chi connectivity index (χ0v) is 9.85. The lowest BCUT2D eigenvalue weighted by molar-refractivity contribution is -0.385. The molecular weight excluding hydrogens is 315 g/mol. The Morgan fingerprint density at radius 2 is 2.20 bits per heavy atom. The van der Waals surface area contributed by atoms with Crippen molar-refractivity contribution in [1.29, 1.82) is 0 Å². The van der Waals surface area contributed by atoms with Crippen LogP contribution in [0.4, 0.5) is 5.69 Å². The predicted octanol–water partition coefficient (Wildman–Crippen LogP) is 1.31. The first-order chi connectivity index (χ1) is 6.97. The molecule has 0 atom stereocenters. The van der Waals surface area contributed by atoms with Gasteiger partial charge in [-0.05, 0) is 22.6 Å². The summed E-state index contributed by atoms with van der Waals surface area (Å²) in [5.41, 5.74) is 4.91. The number of benzene rings is 1. The highest BCUT2D eigenvalue weighted by molar-refractivity contribution is 14.1. The summed E-state index contributed by atoms with van der Waals surface area (Å²) < 4.78 is 5.34. The highest BCUT2D eigenvalue weighted by Crippen LogP contribution is 2.30. The first-order valence-corrected chi connectivity index (χ1v) is 4.87. The normalized spacial score (nSPS) is 9.73. The number of rotatable bonds is 3. The van der Waals surface area contributed by atoms with Crippen LogP contribution in [0.2, 0.25) is 0 Å². The molecule has 0 fully saturated rings. The molecule has 1 aromatic rings. The van der Waals surface area contributed by atoms with Gasteiger partial charge in [-0.3, -0.25) is 14.9 Å². The second-order valence-electron chi connectivity index (χ2n) is 2.63. The summed E-state index contributed by atoms with van der Waals surface area (Å²) in [5, 5.41) is 10.6. The minimum absolute atomic E-state index is 0.106. The Balaban J connectivity index is 3.43. The second-order valence-corrected chi connectivity index (χ2v) is 3.79. The third-order valence-electron chi connectivity index (χ3n) is 1.73. The van der Waals surface area contributed by atoms with E-state index < -0.39 is 10.8 Å². The molecule has 1 amide bonds. The number of carbonyl (C=O) groups excluding carboxylic acids is 1. The Hall–Kier alpha value is -1.38. The van der Waals surface area contributed by atoms with Crippen LogP contribution in [0, 0.1) is 13.7 Å². The van der Waals surface area contributed by atoms with Gasteiger partial charge in [0, 0.05) is 15.7 Å². The van der Waals surface area contributed by atoms with Gasteiger partial charge in [0.2, 0.25) is 5.91 Å². The lowest BCUT2D eigenvalue weighted by atomic mass is 10.2. The molecule has 0 spiro atoms. The molecule has 1 rings (SSSR count). The van der Waals surface area contributed by atoms with E-state index in [2.05, 4.69) is 0 Å². The SMILES string of the molecule is COc1cc(I)c(C(N)=O)cc1[N+](=O)[O-]. The minimum Gasteiger partial charge on any atom is -0.490 e. The lowest BCUT2D eigenvalue weighted by Gasteiger charge is -2.05. The average Bonchev–Trinajstić information content (AvgIpc) is 2.16. The number of nitro benzene ring substituents is 1. The van der Waals surface area contributed by atoms with E-state index in [0.29, 0.717) is 3.57 Å². The Morgan fingerprint density at radius 1 is 1.60 bits per heavy atom. The number of nitrogens with two attached hydrogens (primary N) is 1.